The van der Waals surface area contributed by atoms with Crippen LogP contribution in [0.15, 0.2) is 30.3 Å². The van der Waals surface area contributed by atoms with Crippen molar-refractivity contribution in [1.82, 2.24) is 5.32 Å². The molecule has 1 unspecified atom stereocenters. The quantitative estimate of drug-likeness (QED) is 0.769. The first kappa shape index (κ1) is 17.0. The van der Waals surface area contributed by atoms with Gasteiger partial charge in [-0.2, -0.15) is 13.2 Å². The van der Waals surface area contributed by atoms with Crippen LogP contribution in [0.5, 0.6) is 0 Å². The summed E-state index contributed by atoms with van der Waals surface area (Å²) in [5.41, 5.74) is 1.10. The molecule has 0 saturated carbocycles. The molecule has 2 nitrogen and oxygen atoms in total. The average molecular weight is 289 g/mol. The number of alkyl halides is 3. The molecule has 1 rings (SSSR count). The molecule has 114 valence electrons. The molecule has 0 aromatic heterocycles. The summed E-state index contributed by atoms with van der Waals surface area (Å²) in [4.78, 5) is 0. The first-order valence-electron chi connectivity index (χ1n) is 6.88. The Labute approximate surface area is 118 Å². The molecule has 20 heavy (non-hydrogen) atoms. The molecular formula is C15H22F3NO. The third kappa shape index (κ3) is 7.50. The zero-order valence-electron chi connectivity index (χ0n) is 11.7. The van der Waals surface area contributed by atoms with Crippen molar-refractivity contribution in [1.29, 1.82) is 0 Å². The van der Waals surface area contributed by atoms with E-state index >= 15 is 0 Å². The Morgan fingerprint density at radius 1 is 1.20 bits per heavy atom. The Hall–Kier alpha value is -1.07. The van der Waals surface area contributed by atoms with E-state index in [1.807, 2.05) is 37.3 Å². The second-order valence-electron chi connectivity index (χ2n) is 5.14. The lowest BCUT2D eigenvalue weighted by atomic mass is 10.0. The van der Waals surface area contributed by atoms with Gasteiger partial charge in [-0.1, -0.05) is 30.3 Å². The van der Waals surface area contributed by atoms with Crippen LogP contribution in [0.1, 0.15) is 31.7 Å². The highest BCUT2D eigenvalue weighted by Crippen LogP contribution is 2.22. The molecule has 0 bridgehead atoms. The molecule has 0 aliphatic heterocycles. The lowest BCUT2D eigenvalue weighted by Crippen LogP contribution is -2.40. The van der Waals surface area contributed by atoms with Gasteiger partial charge >= 0.3 is 6.18 Å². The van der Waals surface area contributed by atoms with Gasteiger partial charge in [0.05, 0.1) is 6.61 Å². The largest absolute Gasteiger partial charge is 0.395 e. The van der Waals surface area contributed by atoms with Crippen LogP contribution in [-0.2, 0) is 6.42 Å². The van der Waals surface area contributed by atoms with Gasteiger partial charge in [-0.15, -0.1) is 0 Å². The van der Waals surface area contributed by atoms with Crippen LogP contribution < -0.4 is 5.32 Å². The van der Waals surface area contributed by atoms with E-state index in [-0.39, 0.29) is 25.1 Å². The van der Waals surface area contributed by atoms with Gasteiger partial charge in [-0.05, 0) is 31.7 Å². The maximum atomic E-state index is 12.1. The second-order valence-corrected chi connectivity index (χ2v) is 5.14. The minimum atomic E-state index is -4.08. The Morgan fingerprint density at radius 3 is 2.40 bits per heavy atom. The monoisotopic (exact) mass is 289 g/mol. The summed E-state index contributed by atoms with van der Waals surface area (Å²) in [6, 6.07) is 9.55. The molecule has 0 spiro atoms. The summed E-state index contributed by atoms with van der Waals surface area (Å²) in [6.07, 6.45) is -3.60. The molecule has 2 N–H and O–H groups in total. The van der Waals surface area contributed by atoms with Crippen molar-refractivity contribution in [3.63, 3.8) is 0 Å². The van der Waals surface area contributed by atoms with Crippen LogP contribution in [0.3, 0.4) is 0 Å². The fourth-order valence-electron chi connectivity index (χ4n) is 2.17. The van der Waals surface area contributed by atoms with E-state index < -0.39 is 12.6 Å². The molecular weight excluding hydrogens is 267 g/mol. The van der Waals surface area contributed by atoms with Crippen molar-refractivity contribution in [2.45, 2.75) is 50.9 Å². The molecule has 1 aromatic carbocycles. The zero-order valence-corrected chi connectivity index (χ0v) is 11.7. The summed E-state index contributed by atoms with van der Waals surface area (Å²) in [5, 5.41) is 12.5. The summed E-state index contributed by atoms with van der Waals surface area (Å²) < 4.78 is 36.2. The summed E-state index contributed by atoms with van der Waals surface area (Å²) in [6.45, 7) is 1.82. The van der Waals surface area contributed by atoms with E-state index in [1.165, 1.54) is 0 Å². The molecule has 0 saturated heterocycles. The van der Waals surface area contributed by atoms with Gasteiger partial charge < -0.3 is 10.4 Å². The van der Waals surface area contributed by atoms with E-state index in [0.29, 0.717) is 12.8 Å². The summed E-state index contributed by atoms with van der Waals surface area (Å²) >= 11 is 0. The molecule has 0 heterocycles. The molecule has 0 amide bonds. The molecule has 0 aliphatic carbocycles. The molecule has 0 radical (unpaired) electrons. The van der Waals surface area contributed by atoms with E-state index in [2.05, 4.69) is 5.32 Å². The van der Waals surface area contributed by atoms with Gasteiger partial charge in [-0.3, -0.25) is 0 Å². The molecule has 0 aliphatic rings. The first-order chi connectivity index (χ1) is 9.40. The summed E-state index contributed by atoms with van der Waals surface area (Å²) in [5.74, 6) is 0. The third-order valence-electron chi connectivity index (χ3n) is 3.16. The Morgan fingerprint density at radius 2 is 1.85 bits per heavy atom. The fourth-order valence-corrected chi connectivity index (χ4v) is 2.17. The van der Waals surface area contributed by atoms with Crippen LogP contribution >= 0.6 is 0 Å². The van der Waals surface area contributed by atoms with Crippen LogP contribution in [-0.4, -0.2) is 30.0 Å². The highest BCUT2D eigenvalue weighted by Gasteiger charge is 2.26. The number of rotatable bonds is 8. The fraction of sp³-hybridized carbons (Fsp3) is 0.600. The topological polar surface area (TPSA) is 32.3 Å². The van der Waals surface area contributed by atoms with Crippen LogP contribution in [0, 0.1) is 0 Å². The van der Waals surface area contributed by atoms with Crippen LogP contribution in [0.2, 0.25) is 0 Å². The number of aliphatic hydroxyl groups is 1. The maximum absolute atomic E-state index is 12.1. The summed E-state index contributed by atoms with van der Waals surface area (Å²) in [7, 11) is 0. The van der Waals surface area contributed by atoms with E-state index in [4.69, 9.17) is 0 Å². The second kappa shape index (κ2) is 8.27. The van der Waals surface area contributed by atoms with Gasteiger partial charge in [-0.25, -0.2) is 0 Å². The van der Waals surface area contributed by atoms with E-state index in [0.717, 1.165) is 5.56 Å². The van der Waals surface area contributed by atoms with Crippen molar-refractivity contribution in [3.05, 3.63) is 35.9 Å². The van der Waals surface area contributed by atoms with Crippen LogP contribution in [0.4, 0.5) is 13.2 Å². The lowest BCUT2D eigenvalue weighted by Gasteiger charge is -2.22. The Bertz CT molecular complexity index is 367. The Kier molecular flexibility index (Phi) is 7.02. The predicted molar refractivity (Wildman–Crippen MR) is 73.5 cm³/mol. The van der Waals surface area contributed by atoms with E-state index in [9.17, 15) is 18.3 Å². The van der Waals surface area contributed by atoms with Gasteiger partial charge in [0.1, 0.15) is 0 Å². The molecule has 5 heteroatoms. The maximum Gasteiger partial charge on any atom is 0.389 e. The SMILES string of the molecule is CC(CCCC(F)(F)F)N[C@@H](CO)Cc1ccccc1. The number of halogens is 3. The van der Waals surface area contributed by atoms with Crippen molar-refractivity contribution < 1.29 is 18.3 Å². The predicted octanol–water partition coefficient (Wildman–Crippen LogP) is 3.30. The van der Waals surface area contributed by atoms with Gasteiger partial charge in [0.15, 0.2) is 0 Å². The molecule has 1 aromatic rings. The molecule has 0 fully saturated rings. The van der Waals surface area contributed by atoms with Crippen molar-refractivity contribution in [3.8, 4) is 0 Å². The van der Waals surface area contributed by atoms with Crippen molar-refractivity contribution >= 4 is 0 Å². The van der Waals surface area contributed by atoms with Gasteiger partial charge in [0, 0.05) is 18.5 Å². The number of benzene rings is 1. The van der Waals surface area contributed by atoms with Crippen LogP contribution in [0.25, 0.3) is 0 Å². The minimum Gasteiger partial charge on any atom is -0.395 e. The standard InChI is InChI=1S/C15H22F3NO/c1-12(6-5-9-15(16,17)18)19-14(11-20)10-13-7-3-2-4-8-13/h2-4,7-8,12,14,19-20H,5-6,9-11H2,1H3/t12?,14-/m1/s1. The highest BCUT2D eigenvalue weighted by atomic mass is 19.4. The van der Waals surface area contributed by atoms with Gasteiger partial charge in [0.2, 0.25) is 0 Å². The smallest absolute Gasteiger partial charge is 0.389 e. The average Bonchev–Trinajstić information content (AvgIpc) is 2.37. The highest BCUT2D eigenvalue weighted by molar-refractivity contribution is 5.15. The zero-order chi connectivity index (χ0) is 15.0. The number of nitrogens with one attached hydrogen (secondary N) is 1. The first-order valence-corrected chi connectivity index (χ1v) is 6.88. The van der Waals surface area contributed by atoms with Gasteiger partial charge in [0.25, 0.3) is 0 Å². The van der Waals surface area contributed by atoms with E-state index in [1.54, 1.807) is 0 Å². The lowest BCUT2D eigenvalue weighted by molar-refractivity contribution is -0.135. The Balaban J connectivity index is 2.32. The minimum absolute atomic E-state index is 0.0293. The number of aliphatic hydroxyl groups excluding tert-OH is 1. The number of hydrogen-bond acceptors (Lipinski definition) is 2. The third-order valence-corrected chi connectivity index (χ3v) is 3.16. The van der Waals surface area contributed by atoms with Crippen molar-refractivity contribution in [2.24, 2.45) is 0 Å². The normalized spacial score (nSPS) is 15.1. The van der Waals surface area contributed by atoms with Crippen molar-refractivity contribution in [2.75, 3.05) is 6.61 Å². The molecule has 2 atom stereocenters. The number of hydrogen-bond donors (Lipinski definition) is 2.